The van der Waals surface area contributed by atoms with E-state index in [0.717, 1.165) is 43.8 Å². The molecular weight excluding hydrogens is 449 g/mol. The average Bonchev–Trinajstić information content (AvgIpc) is 3.40. The smallest absolute Gasteiger partial charge is 0.334 e. The molecule has 4 aromatic rings. The summed E-state index contributed by atoms with van der Waals surface area (Å²) < 4.78 is 45.2. The van der Waals surface area contributed by atoms with Gasteiger partial charge in [0.05, 0.1) is 23.0 Å². The Hall–Kier alpha value is -3.18. The fraction of sp³-hybridized carbons (Fsp3) is 0.300. The van der Waals surface area contributed by atoms with Crippen molar-refractivity contribution in [1.82, 2.24) is 30.1 Å². The minimum Gasteiger partial charge on any atom is -0.334 e. The van der Waals surface area contributed by atoms with Crippen LogP contribution in [0.4, 0.5) is 13.2 Å². The van der Waals surface area contributed by atoms with Crippen LogP contribution in [0.5, 0.6) is 0 Å². The lowest BCUT2D eigenvalue weighted by Crippen LogP contribution is -2.28. The number of hydrogen-bond acceptors (Lipinski definition) is 6. The summed E-state index contributed by atoms with van der Waals surface area (Å²) in [6.07, 6.45) is -1.09. The molecule has 32 heavy (non-hydrogen) atoms. The van der Waals surface area contributed by atoms with Gasteiger partial charge in [-0.1, -0.05) is 5.16 Å². The Labute approximate surface area is 185 Å². The number of alkyl halides is 3. The van der Waals surface area contributed by atoms with E-state index >= 15 is 0 Å². The number of nitrogens with one attached hydrogen (secondary N) is 2. The zero-order valence-corrected chi connectivity index (χ0v) is 17.3. The normalized spacial score (nSPS) is 15.1. The van der Waals surface area contributed by atoms with E-state index in [-0.39, 0.29) is 35.6 Å². The monoisotopic (exact) mass is 466 g/mol. The number of nitrogens with zero attached hydrogens (tertiary/aromatic N) is 4. The second-order valence-corrected chi connectivity index (χ2v) is 7.40. The molecule has 1 fully saturated rings. The van der Waals surface area contributed by atoms with E-state index in [9.17, 15) is 18.0 Å². The molecule has 0 amide bonds. The van der Waals surface area contributed by atoms with Gasteiger partial charge in [0.1, 0.15) is 5.65 Å². The predicted octanol–water partition coefficient (Wildman–Crippen LogP) is 3.65. The van der Waals surface area contributed by atoms with Gasteiger partial charge in [-0.15, -0.1) is 12.4 Å². The number of benzene rings is 1. The lowest BCUT2D eigenvalue weighted by Gasteiger charge is -2.23. The summed E-state index contributed by atoms with van der Waals surface area (Å²) in [5.74, 6) is 0.453. The summed E-state index contributed by atoms with van der Waals surface area (Å²) in [6.45, 7) is 1.74. The van der Waals surface area contributed by atoms with Crippen LogP contribution in [0, 0.1) is 0 Å². The van der Waals surface area contributed by atoms with Gasteiger partial charge in [0.15, 0.2) is 0 Å². The molecule has 1 saturated heterocycles. The van der Waals surface area contributed by atoms with Crippen molar-refractivity contribution in [3.05, 3.63) is 58.1 Å². The molecule has 3 aromatic heterocycles. The molecule has 0 atom stereocenters. The van der Waals surface area contributed by atoms with Gasteiger partial charge in [0.25, 0.3) is 11.4 Å². The highest BCUT2D eigenvalue weighted by Crippen LogP contribution is 2.32. The molecule has 0 saturated carbocycles. The van der Waals surface area contributed by atoms with E-state index in [4.69, 9.17) is 4.52 Å². The first-order valence-electron chi connectivity index (χ1n) is 9.73. The SMILES string of the molecule is Cl.O=c1cc(C2CCNCC2)n2ncc(-c3noc(-c4ccc(C(F)(F)F)cc4)n3)c2[nH]1. The summed E-state index contributed by atoms with van der Waals surface area (Å²) in [5.41, 5.74) is 1.07. The molecule has 0 unspecified atom stereocenters. The minimum atomic E-state index is -4.42. The predicted molar refractivity (Wildman–Crippen MR) is 112 cm³/mol. The summed E-state index contributed by atoms with van der Waals surface area (Å²) in [7, 11) is 0. The Morgan fingerprint density at radius 3 is 2.53 bits per heavy atom. The zero-order valence-electron chi connectivity index (χ0n) is 16.5. The zero-order chi connectivity index (χ0) is 21.6. The second-order valence-electron chi connectivity index (χ2n) is 7.40. The van der Waals surface area contributed by atoms with E-state index in [0.29, 0.717) is 16.8 Å². The molecule has 168 valence electrons. The van der Waals surface area contributed by atoms with Gasteiger partial charge in [0, 0.05) is 17.5 Å². The molecule has 5 rings (SSSR count). The highest BCUT2D eigenvalue weighted by atomic mass is 35.5. The number of hydrogen-bond donors (Lipinski definition) is 2. The maximum atomic E-state index is 12.8. The van der Waals surface area contributed by atoms with Crippen LogP contribution < -0.4 is 10.9 Å². The van der Waals surface area contributed by atoms with Gasteiger partial charge in [-0.25, -0.2) is 4.52 Å². The summed E-state index contributed by atoms with van der Waals surface area (Å²) in [4.78, 5) is 19.4. The highest BCUT2D eigenvalue weighted by molar-refractivity contribution is 5.85. The summed E-state index contributed by atoms with van der Waals surface area (Å²) in [5, 5.41) is 11.6. The third kappa shape index (κ3) is 4.00. The Kier molecular flexibility index (Phi) is 5.78. The Morgan fingerprint density at radius 2 is 1.84 bits per heavy atom. The van der Waals surface area contributed by atoms with Crippen LogP contribution in [-0.2, 0) is 6.18 Å². The summed E-state index contributed by atoms with van der Waals surface area (Å²) >= 11 is 0. The molecule has 8 nitrogen and oxygen atoms in total. The van der Waals surface area contributed by atoms with Gasteiger partial charge in [-0.3, -0.25) is 4.79 Å². The van der Waals surface area contributed by atoms with Crippen LogP contribution in [0.1, 0.15) is 30.0 Å². The maximum absolute atomic E-state index is 12.8. The fourth-order valence-corrected chi connectivity index (χ4v) is 3.84. The van der Waals surface area contributed by atoms with Crippen molar-refractivity contribution in [3.8, 4) is 22.8 Å². The molecular formula is C20H18ClF3N6O2. The second kappa shape index (κ2) is 8.40. The van der Waals surface area contributed by atoms with Gasteiger partial charge in [-0.2, -0.15) is 23.3 Å². The lowest BCUT2D eigenvalue weighted by molar-refractivity contribution is -0.137. The third-order valence-electron chi connectivity index (χ3n) is 5.42. The third-order valence-corrected chi connectivity index (χ3v) is 5.42. The van der Waals surface area contributed by atoms with Crippen molar-refractivity contribution in [2.45, 2.75) is 24.9 Å². The number of aromatic nitrogens is 5. The van der Waals surface area contributed by atoms with Crippen LogP contribution in [-0.4, -0.2) is 37.8 Å². The molecule has 1 aliphatic heterocycles. The number of H-pyrrole nitrogens is 1. The molecule has 12 heteroatoms. The molecule has 0 spiro atoms. The van der Waals surface area contributed by atoms with Gasteiger partial charge < -0.3 is 14.8 Å². The minimum absolute atomic E-state index is 0. The molecule has 0 bridgehead atoms. The number of rotatable bonds is 3. The Morgan fingerprint density at radius 1 is 1.12 bits per heavy atom. The number of fused-ring (bicyclic) bond motifs is 1. The summed E-state index contributed by atoms with van der Waals surface area (Å²) in [6, 6.07) is 6.01. The lowest BCUT2D eigenvalue weighted by atomic mass is 9.94. The van der Waals surface area contributed by atoms with Crippen LogP contribution in [0.3, 0.4) is 0 Å². The Balaban J connectivity index is 0.00000245. The van der Waals surface area contributed by atoms with Crippen molar-refractivity contribution in [3.63, 3.8) is 0 Å². The number of halogens is 4. The van der Waals surface area contributed by atoms with E-state index in [1.165, 1.54) is 18.3 Å². The van der Waals surface area contributed by atoms with Gasteiger partial charge in [0.2, 0.25) is 5.82 Å². The first-order valence-corrected chi connectivity index (χ1v) is 9.73. The van der Waals surface area contributed by atoms with Crippen molar-refractivity contribution in [1.29, 1.82) is 0 Å². The number of aromatic amines is 1. The van der Waals surface area contributed by atoms with Crippen LogP contribution >= 0.6 is 12.4 Å². The average molecular weight is 467 g/mol. The van der Waals surface area contributed by atoms with E-state index in [1.807, 2.05) is 0 Å². The fourth-order valence-electron chi connectivity index (χ4n) is 3.84. The quantitative estimate of drug-likeness (QED) is 0.478. The molecule has 4 heterocycles. The Bertz CT molecular complexity index is 1290. The number of piperidine rings is 1. The van der Waals surface area contributed by atoms with Crippen LogP contribution in [0.15, 0.2) is 45.8 Å². The van der Waals surface area contributed by atoms with Crippen LogP contribution in [0.25, 0.3) is 28.5 Å². The highest BCUT2D eigenvalue weighted by Gasteiger charge is 2.30. The van der Waals surface area contributed by atoms with E-state index in [1.54, 1.807) is 10.6 Å². The first kappa shape index (κ1) is 22.0. The van der Waals surface area contributed by atoms with Gasteiger partial charge in [-0.05, 0) is 50.2 Å². The molecule has 0 aliphatic carbocycles. The van der Waals surface area contributed by atoms with E-state index < -0.39 is 11.7 Å². The first-order chi connectivity index (χ1) is 14.9. The van der Waals surface area contributed by atoms with E-state index in [2.05, 4.69) is 25.5 Å². The van der Waals surface area contributed by atoms with Crippen molar-refractivity contribution in [2.75, 3.05) is 13.1 Å². The molecule has 2 N–H and O–H groups in total. The maximum Gasteiger partial charge on any atom is 0.416 e. The van der Waals surface area contributed by atoms with Gasteiger partial charge >= 0.3 is 6.18 Å². The largest absolute Gasteiger partial charge is 0.416 e. The molecule has 1 aliphatic rings. The van der Waals surface area contributed by atoms with Crippen molar-refractivity contribution in [2.24, 2.45) is 0 Å². The molecule has 0 radical (unpaired) electrons. The standard InChI is InChI=1S/C20H17F3N6O2.ClH/c21-20(22,23)13-3-1-12(2-4-13)19-27-17(28-31-19)14-10-25-29-15(9-16(30)26-18(14)29)11-5-7-24-8-6-11;/h1-4,9-11,24H,5-8H2,(H,26,30);1H. The van der Waals surface area contributed by atoms with Crippen molar-refractivity contribution >= 4 is 18.1 Å². The van der Waals surface area contributed by atoms with Crippen molar-refractivity contribution < 1.29 is 17.7 Å². The van der Waals surface area contributed by atoms with Crippen LogP contribution in [0.2, 0.25) is 0 Å². The topological polar surface area (TPSA) is 101 Å². The molecule has 1 aromatic carbocycles.